The van der Waals surface area contributed by atoms with E-state index in [2.05, 4.69) is 45.1 Å². The number of nitrogens with one attached hydrogen (secondary N) is 3. The number of thiazole rings is 1. The molecule has 16 nitrogen and oxygen atoms in total. The van der Waals surface area contributed by atoms with Crippen LogP contribution in [0.2, 0.25) is 0 Å². The number of nitrogens with two attached hydrogens (primary N) is 1. The zero-order valence-corrected chi connectivity index (χ0v) is 29.4. The Morgan fingerprint density at radius 1 is 1.10 bits per heavy atom. The molecular weight excluding hydrogens is 691 g/mol. The summed E-state index contributed by atoms with van der Waals surface area (Å²) >= 11 is 2.60. The number of carbonyl (C=O) groups excluding carboxylic acids is 2. The number of ether oxygens (including phenoxy) is 1. The van der Waals surface area contributed by atoms with E-state index in [0.717, 1.165) is 48.3 Å². The van der Waals surface area contributed by atoms with Crippen molar-refractivity contribution < 1.29 is 22.7 Å². The summed E-state index contributed by atoms with van der Waals surface area (Å²) in [5.41, 5.74) is 7.07. The molecule has 260 valence electrons. The first-order valence-electron chi connectivity index (χ1n) is 15.3. The molecule has 4 heterocycles. The lowest BCUT2D eigenvalue weighted by atomic mass is 10.1. The van der Waals surface area contributed by atoms with Crippen LogP contribution in [0.5, 0.6) is 0 Å². The average molecular weight is 728 g/mol. The zero-order valence-electron chi connectivity index (χ0n) is 26.9. The summed E-state index contributed by atoms with van der Waals surface area (Å²) in [7, 11) is -2.84. The molecule has 19 heteroatoms. The molecule has 1 aliphatic heterocycles. The van der Waals surface area contributed by atoms with Gasteiger partial charge in [-0.2, -0.15) is 0 Å². The van der Waals surface area contributed by atoms with Gasteiger partial charge in [-0.1, -0.05) is 6.07 Å². The summed E-state index contributed by atoms with van der Waals surface area (Å²) < 4.78 is 34.2. The summed E-state index contributed by atoms with van der Waals surface area (Å²) in [6, 6.07) is 6.94. The van der Waals surface area contributed by atoms with Crippen LogP contribution in [0.25, 0.3) is 0 Å². The number of hydrogen-bond acceptors (Lipinski definition) is 15. The SMILES string of the molecule is COC(=O)[C@H](CCCN=C(C)N)NC(=O)c1sccc1NS(=O)(=O)c1cccc(NCc2csc(N3CCN(c4ncncn4)CC3)n2)c1. The maximum absolute atomic E-state index is 13.4. The Balaban J connectivity index is 1.16. The number of aromatic nitrogens is 4. The van der Waals surface area contributed by atoms with Gasteiger partial charge in [-0.3, -0.25) is 14.5 Å². The number of benzene rings is 1. The summed E-state index contributed by atoms with van der Waals surface area (Å²) in [6.45, 7) is 5.54. The minimum Gasteiger partial charge on any atom is -0.467 e. The van der Waals surface area contributed by atoms with Gasteiger partial charge in [0.15, 0.2) is 5.13 Å². The standard InChI is InChI=1S/C30H37N11O5S3/c1-20(31)33-9-4-7-25(28(43)46-2)38-27(42)26-24(8-14-47-26)39-49(44,45)23-6-3-5-21(15-23)34-16-22-17-48-30(37-22)41-12-10-40(11-13-41)29-35-18-32-19-36-29/h3,5-6,8,14-15,17-19,25,34,39H,4,7,9-13,16H2,1-2H3,(H2,31,33)(H,38,42)/t25-/m0/s1. The first-order valence-corrected chi connectivity index (χ1v) is 18.5. The number of sulfonamides is 1. The number of hydrogen-bond donors (Lipinski definition) is 4. The van der Waals surface area contributed by atoms with Crippen LogP contribution in [-0.2, 0) is 26.1 Å². The van der Waals surface area contributed by atoms with Crippen LogP contribution in [0.4, 0.5) is 22.5 Å². The molecule has 1 amide bonds. The van der Waals surface area contributed by atoms with Crippen molar-refractivity contribution in [2.24, 2.45) is 10.7 Å². The zero-order chi connectivity index (χ0) is 34.8. The second-order valence-corrected chi connectivity index (χ2v) is 14.3. The van der Waals surface area contributed by atoms with Crippen LogP contribution in [0, 0.1) is 0 Å². The first-order chi connectivity index (χ1) is 23.6. The minimum atomic E-state index is -4.07. The number of piperazine rings is 1. The van der Waals surface area contributed by atoms with Crippen LogP contribution in [0.3, 0.4) is 0 Å². The molecule has 0 aliphatic carbocycles. The summed E-state index contributed by atoms with van der Waals surface area (Å²) in [5.74, 6) is -0.137. The molecule has 0 radical (unpaired) electrons. The Hall–Kier alpha value is -4.88. The predicted molar refractivity (Wildman–Crippen MR) is 190 cm³/mol. The highest BCUT2D eigenvalue weighted by molar-refractivity contribution is 7.92. The fourth-order valence-electron chi connectivity index (χ4n) is 4.92. The molecule has 1 aromatic carbocycles. The number of aliphatic imine (C=N–C) groups is 1. The van der Waals surface area contributed by atoms with Crippen molar-refractivity contribution >= 4 is 72.9 Å². The third-order valence-corrected chi connectivity index (χ3v) is 10.6. The molecule has 1 aliphatic rings. The summed E-state index contributed by atoms with van der Waals surface area (Å²) in [5, 5.41) is 10.4. The van der Waals surface area contributed by atoms with Gasteiger partial charge in [0.25, 0.3) is 15.9 Å². The molecule has 49 heavy (non-hydrogen) atoms. The van der Waals surface area contributed by atoms with Gasteiger partial charge in [0, 0.05) is 43.8 Å². The lowest BCUT2D eigenvalue weighted by molar-refractivity contribution is -0.143. The second kappa shape index (κ2) is 16.5. The molecule has 1 saturated heterocycles. The van der Waals surface area contributed by atoms with E-state index in [0.29, 0.717) is 37.0 Å². The van der Waals surface area contributed by atoms with Crippen molar-refractivity contribution in [2.75, 3.05) is 59.7 Å². The Kier molecular flexibility index (Phi) is 11.9. The highest BCUT2D eigenvalue weighted by Crippen LogP contribution is 2.27. The van der Waals surface area contributed by atoms with E-state index in [4.69, 9.17) is 15.5 Å². The van der Waals surface area contributed by atoms with Gasteiger partial charge in [-0.05, 0) is 49.4 Å². The predicted octanol–water partition coefficient (Wildman–Crippen LogP) is 2.56. The van der Waals surface area contributed by atoms with E-state index in [-0.39, 0.29) is 21.9 Å². The van der Waals surface area contributed by atoms with Gasteiger partial charge in [0.2, 0.25) is 5.95 Å². The van der Waals surface area contributed by atoms with Crippen LogP contribution in [-0.4, -0.2) is 91.9 Å². The summed E-state index contributed by atoms with van der Waals surface area (Å²) in [6.07, 6.45) is 3.73. The largest absolute Gasteiger partial charge is 0.467 e. The van der Waals surface area contributed by atoms with Gasteiger partial charge in [-0.15, -0.1) is 22.7 Å². The monoisotopic (exact) mass is 727 g/mol. The van der Waals surface area contributed by atoms with Crippen molar-refractivity contribution in [3.8, 4) is 0 Å². The van der Waals surface area contributed by atoms with Crippen LogP contribution < -0.4 is 30.9 Å². The van der Waals surface area contributed by atoms with Gasteiger partial charge in [-0.25, -0.2) is 33.1 Å². The Bertz CT molecular complexity index is 1860. The quantitative estimate of drug-likeness (QED) is 0.0601. The number of esters is 1. The van der Waals surface area contributed by atoms with E-state index in [1.54, 1.807) is 35.8 Å². The highest BCUT2D eigenvalue weighted by Gasteiger charge is 2.26. The fraction of sp³-hybridized carbons (Fsp3) is 0.367. The number of thiophene rings is 1. The van der Waals surface area contributed by atoms with E-state index in [1.807, 2.05) is 5.38 Å². The fourth-order valence-corrected chi connectivity index (χ4v) is 7.73. The molecule has 0 saturated carbocycles. The molecule has 0 unspecified atom stereocenters. The number of nitrogens with zero attached hydrogens (tertiary/aromatic N) is 7. The van der Waals surface area contributed by atoms with Crippen LogP contribution in [0.15, 0.2) is 63.6 Å². The maximum Gasteiger partial charge on any atom is 0.328 e. The van der Waals surface area contributed by atoms with Crippen molar-refractivity contribution in [1.29, 1.82) is 0 Å². The minimum absolute atomic E-state index is 0.00765. The lowest BCUT2D eigenvalue weighted by Gasteiger charge is -2.34. The molecule has 1 atom stereocenters. The normalized spacial score (nSPS) is 14.3. The molecule has 5 N–H and O–H groups in total. The van der Waals surface area contributed by atoms with Gasteiger partial charge >= 0.3 is 5.97 Å². The van der Waals surface area contributed by atoms with E-state index >= 15 is 0 Å². The number of carbonyl (C=O) groups is 2. The van der Waals surface area contributed by atoms with Crippen LogP contribution >= 0.6 is 22.7 Å². The molecule has 3 aromatic heterocycles. The first kappa shape index (κ1) is 35.4. The van der Waals surface area contributed by atoms with Gasteiger partial charge < -0.3 is 30.9 Å². The number of anilines is 4. The Morgan fingerprint density at radius 2 is 1.86 bits per heavy atom. The molecule has 0 spiro atoms. The molecule has 0 bridgehead atoms. The lowest BCUT2D eigenvalue weighted by Crippen LogP contribution is -2.47. The van der Waals surface area contributed by atoms with Crippen molar-refractivity contribution in [3.63, 3.8) is 0 Å². The highest BCUT2D eigenvalue weighted by atomic mass is 32.2. The topological polar surface area (TPSA) is 210 Å². The van der Waals surface area contributed by atoms with E-state index < -0.39 is 27.9 Å². The number of amides is 1. The number of amidine groups is 1. The van der Waals surface area contributed by atoms with Gasteiger partial charge in [0.05, 0.1) is 35.8 Å². The number of methoxy groups -OCH3 is 1. The average Bonchev–Trinajstić information content (AvgIpc) is 3.78. The van der Waals surface area contributed by atoms with Crippen molar-refractivity contribution in [1.82, 2.24) is 25.3 Å². The molecule has 5 rings (SSSR count). The maximum atomic E-state index is 13.4. The third-order valence-electron chi connectivity index (χ3n) is 7.39. The number of rotatable bonds is 15. The van der Waals surface area contributed by atoms with E-state index in [9.17, 15) is 18.0 Å². The Labute approximate surface area is 291 Å². The third kappa shape index (κ3) is 9.61. The molecule has 4 aromatic rings. The van der Waals surface area contributed by atoms with Crippen molar-refractivity contribution in [3.05, 3.63) is 64.3 Å². The second-order valence-electron chi connectivity index (χ2n) is 10.9. The molecule has 1 fully saturated rings. The van der Waals surface area contributed by atoms with Crippen molar-refractivity contribution in [2.45, 2.75) is 37.2 Å². The van der Waals surface area contributed by atoms with Crippen LogP contribution in [0.1, 0.15) is 35.1 Å². The van der Waals surface area contributed by atoms with E-state index in [1.165, 1.54) is 38.0 Å². The molecular formula is C30H37N11O5S3. The smallest absolute Gasteiger partial charge is 0.328 e. The summed E-state index contributed by atoms with van der Waals surface area (Å²) in [4.78, 5) is 51.1. The Morgan fingerprint density at radius 3 is 2.59 bits per heavy atom. The van der Waals surface area contributed by atoms with Gasteiger partial charge in [0.1, 0.15) is 23.6 Å².